The summed E-state index contributed by atoms with van der Waals surface area (Å²) in [7, 11) is 0. The van der Waals surface area contributed by atoms with Gasteiger partial charge in [0.15, 0.2) is 5.78 Å². The maximum Gasteiger partial charge on any atom is 0.248 e. The van der Waals surface area contributed by atoms with Crippen LogP contribution in [0, 0.1) is 0 Å². The Morgan fingerprint density at radius 2 is 1.74 bits per heavy atom. The molecule has 0 saturated heterocycles. The molecule has 0 atom stereocenters. The Labute approximate surface area is 133 Å². The molecule has 0 spiro atoms. The third-order valence-electron chi connectivity index (χ3n) is 3.78. The lowest BCUT2D eigenvalue weighted by atomic mass is 9.98. The Hall–Kier alpha value is -3.14. The van der Waals surface area contributed by atoms with Crippen LogP contribution in [0.5, 0.6) is 5.75 Å². The van der Waals surface area contributed by atoms with Crippen LogP contribution >= 0.6 is 0 Å². The molecule has 0 aliphatic heterocycles. The van der Waals surface area contributed by atoms with E-state index in [1.807, 2.05) is 24.3 Å². The molecule has 1 amide bonds. The van der Waals surface area contributed by atoms with E-state index < -0.39 is 5.91 Å². The van der Waals surface area contributed by atoms with Crippen LogP contribution in [-0.4, -0.2) is 16.8 Å². The maximum atomic E-state index is 12.5. The standard InChI is InChI=1S/C19H15NO3/c20-19(23)14-6-3-4-12(10-14)11-17(21)16-9-8-13-5-1-2-7-15(13)18(16)22/h1-10,22H,11H2,(H2,20,23). The van der Waals surface area contributed by atoms with Crippen LogP contribution in [0.15, 0.2) is 60.7 Å². The molecule has 3 aromatic carbocycles. The number of fused-ring (bicyclic) bond motifs is 1. The number of hydrogen-bond acceptors (Lipinski definition) is 3. The predicted molar refractivity (Wildman–Crippen MR) is 88.6 cm³/mol. The van der Waals surface area contributed by atoms with E-state index in [-0.39, 0.29) is 23.5 Å². The summed E-state index contributed by atoms with van der Waals surface area (Å²) < 4.78 is 0. The van der Waals surface area contributed by atoms with Crippen LogP contribution in [0.25, 0.3) is 10.8 Å². The Morgan fingerprint density at radius 3 is 2.52 bits per heavy atom. The van der Waals surface area contributed by atoms with Crippen LogP contribution in [0.2, 0.25) is 0 Å². The second-order valence-corrected chi connectivity index (χ2v) is 5.35. The zero-order chi connectivity index (χ0) is 16.4. The SMILES string of the molecule is NC(=O)c1cccc(CC(=O)c2ccc3ccccc3c2O)c1. The Morgan fingerprint density at radius 1 is 0.957 bits per heavy atom. The largest absolute Gasteiger partial charge is 0.507 e. The van der Waals surface area contributed by atoms with Crippen molar-refractivity contribution < 1.29 is 14.7 Å². The first-order valence-corrected chi connectivity index (χ1v) is 7.19. The number of nitrogens with two attached hydrogens (primary N) is 1. The molecule has 3 rings (SSSR count). The highest BCUT2D eigenvalue weighted by atomic mass is 16.3. The summed E-state index contributed by atoms with van der Waals surface area (Å²) >= 11 is 0. The van der Waals surface area contributed by atoms with E-state index in [9.17, 15) is 14.7 Å². The summed E-state index contributed by atoms with van der Waals surface area (Å²) in [5, 5.41) is 11.9. The highest BCUT2D eigenvalue weighted by molar-refractivity contribution is 6.05. The molecule has 3 N–H and O–H groups in total. The van der Waals surface area contributed by atoms with Gasteiger partial charge in [-0.25, -0.2) is 0 Å². The second-order valence-electron chi connectivity index (χ2n) is 5.35. The van der Waals surface area contributed by atoms with E-state index in [1.165, 1.54) is 0 Å². The molecule has 0 aliphatic rings. The third-order valence-corrected chi connectivity index (χ3v) is 3.78. The van der Waals surface area contributed by atoms with Crippen molar-refractivity contribution in [2.45, 2.75) is 6.42 Å². The topological polar surface area (TPSA) is 80.4 Å². The van der Waals surface area contributed by atoms with Crippen LogP contribution in [0.1, 0.15) is 26.3 Å². The number of primary amides is 1. The molecule has 0 aromatic heterocycles. The Kier molecular flexibility index (Phi) is 3.81. The van der Waals surface area contributed by atoms with Crippen molar-refractivity contribution in [2.24, 2.45) is 5.73 Å². The van der Waals surface area contributed by atoms with Crippen molar-refractivity contribution in [3.8, 4) is 5.75 Å². The van der Waals surface area contributed by atoms with Gasteiger partial charge in [-0.2, -0.15) is 0 Å². The zero-order valence-electron chi connectivity index (χ0n) is 12.3. The van der Waals surface area contributed by atoms with Gasteiger partial charge in [0.1, 0.15) is 5.75 Å². The van der Waals surface area contributed by atoms with Crippen LogP contribution in [-0.2, 0) is 6.42 Å². The number of Topliss-reactive ketones (excluding diaryl/α,β-unsaturated/α-hetero) is 1. The van der Waals surface area contributed by atoms with E-state index in [0.29, 0.717) is 16.5 Å². The summed E-state index contributed by atoms with van der Waals surface area (Å²) in [4.78, 5) is 23.7. The van der Waals surface area contributed by atoms with E-state index in [1.54, 1.807) is 36.4 Å². The van der Waals surface area contributed by atoms with Gasteiger partial charge in [0, 0.05) is 17.4 Å². The first-order valence-electron chi connectivity index (χ1n) is 7.19. The minimum absolute atomic E-state index is 0.0147. The molecule has 4 nitrogen and oxygen atoms in total. The summed E-state index contributed by atoms with van der Waals surface area (Å²) in [6.07, 6.45) is 0.0903. The fourth-order valence-electron chi connectivity index (χ4n) is 2.60. The van der Waals surface area contributed by atoms with E-state index in [4.69, 9.17) is 5.73 Å². The van der Waals surface area contributed by atoms with Crippen molar-refractivity contribution in [2.75, 3.05) is 0 Å². The van der Waals surface area contributed by atoms with Gasteiger partial charge >= 0.3 is 0 Å². The third kappa shape index (κ3) is 2.92. The van der Waals surface area contributed by atoms with Crippen LogP contribution in [0.3, 0.4) is 0 Å². The molecule has 0 radical (unpaired) electrons. The van der Waals surface area contributed by atoms with Crippen LogP contribution in [0.4, 0.5) is 0 Å². The monoisotopic (exact) mass is 305 g/mol. The number of ketones is 1. The molecule has 23 heavy (non-hydrogen) atoms. The highest BCUT2D eigenvalue weighted by Crippen LogP contribution is 2.29. The lowest BCUT2D eigenvalue weighted by molar-refractivity contribution is 0.0982. The zero-order valence-corrected chi connectivity index (χ0v) is 12.3. The molecule has 0 bridgehead atoms. The quantitative estimate of drug-likeness (QED) is 0.727. The van der Waals surface area contributed by atoms with Gasteiger partial charge in [-0.1, -0.05) is 42.5 Å². The van der Waals surface area contributed by atoms with Gasteiger partial charge in [-0.05, 0) is 29.1 Å². The van der Waals surface area contributed by atoms with Crippen molar-refractivity contribution in [1.29, 1.82) is 0 Å². The fraction of sp³-hybridized carbons (Fsp3) is 0.0526. The Bertz CT molecular complexity index is 915. The number of carbonyl (C=O) groups excluding carboxylic acids is 2. The molecule has 3 aromatic rings. The van der Waals surface area contributed by atoms with E-state index in [0.717, 1.165) is 5.39 Å². The number of phenolic OH excluding ortho intramolecular Hbond substituents is 1. The second kappa shape index (κ2) is 5.93. The van der Waals surface area contributed by atoms with Gasteiger partial charge in [0.25, 0.3) is 0 Å². The number of rotatable bonds is 4. The number of benzene rings is 3. The van der Waals surface area contributed by atoms with E-state index >= 15 is 0 Å². The number of phenols is 1. The lowest BCUT2D eigenvalue weighted by Gasteiger charge is -2.08. The molecule has 114 valence electrons. The van der Waals surface area contributed by atoms with Gasteiger partial charge in [0.2, 0.25) is 5.91 Å². The summed E-state index contributed by atoms with van der Waals surface area (Å²) in [5.41, 5.74) is 6.56. The minimum Gasteiger partial charge on any atom is -0.507 e. The maximum absolute atomic E-state index is 12.5. The van der Waals surface area contributed by atoms with Gasteiger partial charge in [-0.15, -0.1) is 0 Å². The molecule has 0 unspecified atom stereocenters. The van der Waals surface area contributed by atoms with Crippen molar-refractivity contribution >= 4 is 22.5 Å². The summed E-state index contributed by atoms with van der Waals surface area (Å²) in [6, 6.07) is 17.4. The number of hydrogen-bond donors (Lipinski definition) is 2. The predicted octanol–water partition coefficient (Wildman–Crippen LogP) is 3.07. The first kappa shape index (κ1) is 14.8. The molecule has 0 fully saturated rings. The minimum atomic E-state index is -0.534. The van der Waals surface area contributed by atoms with Crippen molar-refractivity contribution in [3.05, 3.63) is 77.4 Å². The summed E-state index contributed by atoms with van der Waals surface area (Å²) in [6.45, 7) is 0. The molecule has 0 aliphatic carbocycles. The number of amides is 1. The normalized spacial score (nSPS) is 10.6. The molecular formula is C19H15NO3. The number of carbonyl (C=O) groups is 2. The van der Waals surface area contributed by atoms with Crippen molar-refractivity contribution in [1.82, 2.24) is 0 Å². The molecular weight excluding hydrogens is 290 g/mol. The average Bonchev–Trinajstić information content (AvgIpc) is 2.55. The Balaban J connectivity index is 1.93. The number of aromatic hydroxyl groups is 1. The smallest absolute Gasteiger partial charge is 0.248 e. The molecule has 0 saturated carbocycles. The lowest BCUT2D eigenvalue weighted by Crippen LogP contribution is -2.12. The average molecular weight is 305 g/mol. The summed E-state index contributed by atoms with van der Waals surface area (Å²) in [5.74, 6) is -0.762. The molecule has 4 heteroatoms. The van der Waals surface area contributed by atoms with Gasteiger partial charge in [-0.3, -0.25) is 9.59 Å². The van der Waals surface area contributed by atoms with Crippen LogP contribution < -0.4 is 5.73 Å². The highest BCUT2D eigenvalue weighted by Gasteiger charge is 2.14. The van der Waals surface area contributed by atoms with Gasteiger partial charge < -0.3 is 10.8 Å². The molecule has 0 heterocycles. The van der Waals surface area contributed by atoms with Gasteiger partial charge in [0.05, 0.1) is 5.56 Å². The van der Waals surface area contributed by atoms with Crippen molar-refractivity contribution in [3.63, 3.8) is 0 Å². The first-order chi connectivity index (χ1) is 11.1. The van der Waals surface area contributed by atoms with E-state index in [2.05, 4.69) is 0 Å². The fourth-order valence-corrected chi connectivity index (χ4v) is 2.60.